The number of nitrogens with two attached hydrogens (primary N) is 1. The van der Waals surface area contributed by atoms with E-state index in [0.717, 1.165) is 18.4 Å². The number of halogens is 1. The fraction of sp³-hybridized carbons (Fsp3) is 0.562. The van der Waals surface area contributed by atoms with E-state index in [4.69, 9.17) is 17.3 Å². The largest absolute Gasteiger partial charge is 0.331 e. The third kappa shape index (κ3) is 2.57. The Hall–Kier alpha value is -1.06. The smallest absolute Gasteiger partial charge is 0.225 e. The van der Waals surface area contributed by atoms with Crippen LogP contribution < -0.4 is 5.73 Å². The van der Waals surface area contributed by atoms with Crippen molar-refractivity contribution in [2.45, 2.75) is 56.7 Å². The molecule has 1 saturated heterocycles. The van der Waals surface area contributed by atoms with Crippen molar-refractivity contribution in [3.05, 3.63) is 34.9 Å². The van der Waals surface area contributed by atoms with Crippen LogP contribution in [0.1, 0.15) is 50.1 Å². The Labute approximate surface area is 125 Å². The molecule has 2 N–H and O–H groups in total. The van der Waals surface area contributed by atoms with Crippen molar-refractivity contribution in [2.75, 3.05) is 0 Å². The van der Waals surface area contributed by atoms with Crippen LogP contribution in [0.5, 0.6) is 0 Å². The van der Waals surface area contributed by atoms with Gasteiger partial charge in [0.15, 0.2) is 0 Å². The molecule has 2 atom stereocenters. The second kappa shape index (κ2) is 5.74. The summed E-state index contributed by atoms with van der Waals surface area (Å²) in [7, 11) is 0. The Morgan fingerprint density at radius 3 is 2.65 bits per heavy atom. The average molecular weight is 293 g/mol. The summed E-state index contributed by atoms with van der Waals surface area (Å²) in [5.41, 5.74) is 7.31. The van der Waals surface area contributed by atoms with E-state index in [1.54, 1.807) is 0 Å². The Bertz CT molecular complexity index is 499. The molecule has 1 aliphatic heterocycles. The second-order valence-corrected chi connectivity index (χ2v) is 6.40. The maximum absolute atomic E-state index is 12.4. The first-order chi connectivity index (χ1) is 9.66. The number of hydrogen-bond donors (Lipinski definition) is 1. The highest BCUT2D eigenvalue weighted by molar-refractivity contribution is 6.30. The Morgan fingerprint density at radius 2 is 1.95 bits per heavy atom. The molecule has 2 unspecified atom stereocenters. The molecule has 1 aromatic carbocycles. The summed E-state index contributed by atoms with van der Waals surface area (Å²) < 4.78 is 0. The van der Waals surface area contributed by atoms with Crippen LogP contribution in [0, 0.1) is 0 Å². The van der Waals surface area contributed by atoms with Crippen molar-refractivity contribution in [3.63, 3.8) is 0 Å². The van der Waals surface area contributed by atoms with E-state index >= 15 is 0 Å². The lowest BCUT2D eigenvalue weighted by Crippen LogP contribution is -2.41. The maximum Gasteiger partial charge on any atom is 0.225 e. The minimum absolute atomic E-state index is 0.00991. The van der Waals surface area contributed by atoms with E-state index in [1.165, 1.54) is 19.3 Å². The van der Waals surface area contributed by atoms with Crippen LogP contribution in [0.25, 0.3) is 0 Å². The lowest BCUT2D eigenvalue weighted by Gasteiger charge is -2.37. The zero-order valence-corrected chi connectivity index (χ0v) is 12.4. The van der Waals surface area contributed by atoms with Crippen molar-refractivity contribution in [1.29, 1.82) is 0 Å². The summed E-state index contributed by atoms with van der Waals surface area (Å²) in [5.74, 6) is 0.203. The molecule has 20 heavy (non-hydrogen) atoms. The van der Waals surface area contributed by atoms with Crippen molar-refractivity contribution in [1.82, 2.24) is 4.90 Å². The first-order valence-electron chi connectivity index (χ1n) is 7.49. The van der Waals surface area contributed by atoms with Gasteiger partial charge < -0.3 is 10.6 Å². The number of rotatable bonds is 2. The van der Waals surface area contributed by atoms with Crippen LogP contribution in [0.15, 0.2) is 24.3 Å². The van der Waals surface area contributed by atoms with E-state index in [1.807, 2.05) is 24.3 Å². The van der Waals surface area contributed by atoms with Gasteiger partial charge in [-0.3, -0.25) is 4.79 Å². The van der Waals surface area contributed by atoms with E-state index in [9.17, 15) is 4.79 Å². The SMILES string of the molecule is NC1CC(=O)N(C2CCCCC2)C1c1cccc(Cl)c1. The first-order valence-corrected chi connectivity index (χ1v) is 7.87. The van der Waals surface area contributed by atoms with Gasteiger partial charge in [0.05, 0.1) is 6.04 Å². The van der Waals surface area contributed by atoms with Crippen molar-refractivity contribution in [2.24, 2.45) is 5.73 Å². The van der Waals surface area contributed by atoms with E-state index in [0.29, 0.717) is 17.5 Å². The van der Waals surface area contributed by atoms with E-state index in [2.05, 4.69) is 4.90 Å². The Morgan fingerprint density at radius 1 is 1.20 bits per heavy atom. The van der Waals surface area contributed by atoms with E-state index in [-0.39, 0.29) is 18.0 Å². The van der Waals surface area contributed by atoms with Crippen molar-refractivity contribution >= 4 is 17.5 Å². The monoisotopic (exact) mass is 292 g/mol. The number of nitrogens with zero attached hydrogens (tertiary/aromatic N) is 1. The highest BCUT2D eigenvalue weighted by atomic mass is 35.5. The zero-order valence-electron chi connectivity index (χ0n) is 11.6. The van der Waals surface area contributed by atoms with Crippen LogP contribution in [0.4, 0.5) is 0 Å². The summed E-state index contributed by atoms with van der Waals surface area (Å²) in [6, 6.07) is 8.00. The van der Waals surface area contributed by atoms with Gasteiger partial charge in [-0.05, 0) is 30.5 Å². The van der Waals surface area contributed by atoms with Crippen LogP contribution in [-0.2, 0) is 4.79 Å². The molecular weight excluding hydrogens is 272 g/mol. The molecular formula is C16H21ClN2O. The van der Waals surface area contributed by atoms with Crippen LogP contribution in [0.2, 0.25) is 5.02 Å². The number of hydrogen-bond acceptors (Lipinski definition) is 2. The summed E-state index contributed by atoms with van der Waals surface area (Å²) >= 11 is 6.10. The molecule has 2 aliphatic rings. The summed E-state index contributed by atoms with van der Waals surface area (Å²) in [5, 5.41) is 0.706. The molecule has 4 heteroatoms. The number of amides is 1. The molecule has 1 heterocycles. The lowest BCUT2D eigenvalue weighted by molar-refractivity contribution is -0.132. The van der Waals surface area contributed by atoms with Gasteiger partial charge in [-0.1, -0.05) is 43.0 Å². The molecule has 1 saturated carbocycles. The number of carbonyl (C=O) groups is 1. The molecule has 3 nitrogen and oxygen atoms in total. The second-order valence-electron chi connectivity index (χ2n) is 5.96. The number of carbonyl (C=O) groups excluding carboxylic acids is 1. The maximum atomic E-state index is 12.4. The van der Waals surface area contributed by atoms with Crippen molar-refractivity contribution in [3.8, 4) is 0 Å². The number of benzene rings is 1. The molecule has 1 aromatic rings. The van der Waals surface area contributed by atoms with Gasteiger partial charge >= 0.3 is 0 Å². The van der Waals surface area contributed by atoms with Gasteiger partial charge in [0.2, 0.25) is 5.91 Å². The molecule has 3 rings (SSSR count). The molecule has 1 aliphatic carbocycles. The van der Waals surface area contributed by atoms with Crippen molar-refractivity contribution < 1.29 is 4.79 Å². The third-order valence-corrected chi connectivity index (χ3v) is 4.80. The van der Waals surface area contributed by atoms with Crippen LogP contribution in [0.3, 0.4) is 0 Å². The quantitative estimate of drug-likeness (QED) is 0.909. The minimum Gasteiger partial charge on any atom is -0.331 e. The fourth-order valence-corrected chi connectivity index (χ4v) is 3.87. The fourth-order valence-electron chi connectivity index (χ4n) is 3.67. The molecule has 0 aromatic heterocycles. The molecule has 0 bridgehead atoms. The zero-order chi connectivity index (χ0) is 14.1. The van der Waals surface area contributed by atoms with Gasteiger partial charge in [0.25, 0.3) is 0 Å². The standard InChI is InChI=1S/C16H21ClN2O/c17-12-6-4-5-11(9-12)16-14(18)10-15(20)19(16)13-7-2-1-3-8-13/h4-6,9,13-14,16H,1-3,7-8,10,18H2. The number of likely N-dealkylation sites (tertiary alicyclic amines) is 1. The van der Waals surface area contributed by atoms with Gasteiger partial charge in [-0.25, -0.2) is 0 Å². The van der Waals surface area contributed by atoms with Gasteiger partial charge in [0, 0.05) is 23.5 Å². The highest BCUT2D eigenvalue weighted by Gasteiger charge is 2.42. The normalized spacial score (nSPS) is 28.1. The first kappa shape index (κ1) is 13.9. The van der Waals surface area contributed by atoms with Gasteiger partial charge in [0.1, 0.15) is 0 Å². The van der Waals surface area contributed by atoms with Gasteiger partial charge in [-0.15, -0.1) is 0 Å². The highest BCUT2D eigenvalue weighted by Crippen LogP contribution is 2.38. The lowest BCUT2D eigenvalue weighted by atomic mass is 9.92. The van der Waals surface area contributed by atoms with E-state index < -0.39 is 0 Å². The summed E-state index contributed by atoms with van der Waals surface area (Å²) in [4.78, 5) is 14.4. The molecule has 108 valence electrons. The molecule has 1 amide bonds. The summed E-state index contributed by atoms with van der Waals surface area (Å²) in [6.45, 7) is 0. The topological polar surface area (TPSA) is 46.3 Å². The molecule has 0 spiro atoms. The average Bonchev–Trinajstić information content (AvgIpc) is 2.74. The molecule has 0 radical (unpaired) electrons. The predicted octanol–water partition coefficient (Wildman–Crippen LogP) is 3.27. The predicted molar refractivity (Wildman–Crippen MR) is 80.5 cm³/mol. The third-order valence-electron chi connectivity index (χ3n) is 4.56. The Balaban J connectivity index is 1.91. The van der Waals surface area contributed by atoms with Gasteiger partial charge in [-0.2, -0.15) is 0 Å². The Kier molecular flexibility index (Phi) is 3.99. The van der Waals surface area contributed by atoms with Crippen LogP contribution in [-0.4, -0.2) is 22.9 Å². The summed E-state index contributed by atoms with van der Waals surface area (Å²) in [6.07, 6.45) is 6.38. The molecule has 2 fully saturated rings. The van der Waals surface area contributed by atoms with Crippen LogP contribution >= 0.6 is 11.6 Å². The minimum atomic E-state index is -0.122.